The monoisotopic (exact) mass is 355 g/mol. The summed E-state index contributed by atoms with van der Waals surface area (Å²) in [5.41, 5.74) is 5.87. The maximum Gasteiger partial charge on any atom is 0.269 e. The fourth-order valence-corrected chi connectivity index (χ4v) is 2.99. The Balaban J connectivity index is 1.86. The van der Waals surface area contributed by atoms with Crippen LogP contribution in [-0.2, 0) is 0 Å². The molecule has 0 atom stereocenters. The molecule has 0 radical (unpaired) electrons. The number of non-ortho nitro benzene ring substituents is 1. The molecule has 5 heteroatoms. The van der Waals surface area contributed by atoms with E-state index < -0.39 is 4.92 Å². The van der Waals surface area contributed by atoms with Crippen molar-refractivity contribution in [2.24, 2.45) is 0 Å². The molecule has 1 heterocycles. The van der Waals surface area contributed by atoms with Crippen molar-refractivity contribution >= 4 is 5.69 Å². The number of benzene rings is 3. The molecule has 0 aliphatic heterocycles. The van der Waals surface area contributed by atoms with Crippen LogP contribution in [0.3, 0.4) is 0 Å². The van der Waals surface area contributed by atoms with E-state index in [9.17, 15) is 10.1 Å². The van der Waals surface area contributed by atoms with Crippen molar-refractivity contribution in [2.45, 2.75) is 6.92 Å². The lowest BCUT2D eigenvalue weighted by atomic mass is 10.0. The third-order valence-electron chi connectivity index (χ3n) is 4.45. The molecule has 1 aromatic heterocycles. The van der Waals surface area contributed by atoms with Gasteiger partial charge in [0.05, 0.1) is 10.6 Å². The quantitative estimate of drug-likeness (QED) is 0.362. The van der Waals surface area contributed by atoms with E-state index >= 15 is 0 Å². The summed E-state index contributed by atoms with van der Waals surface area (Å²) in [7, 11) is 0. The lowest BCUT2D eigenvalue weighted by molar-refractivity contribution is -0.384. The van der Waals surface area contributed by atoms with Gasteiger partial charge in [0.2, 0.25) is 0 Å². The van der Waals surface area contributed by atoms with E-state index in [1.54, 1.807) is 12.1 Å². The molecule has 5 nitrogen and oxygen atoms in total. The Hall–Kier alpha value is -3.73. The summed E-state index contributed by atoms with van der Waals surface area (Å²) in [4.78, 5) is 10.5. The van der Waals surface area contributed by atoms with Gasteiger partial charge in [-0.1, -0.05) is 48.0 Å². The molecule has 0 fully saturated rings. The van der Waals surface area contributed by atoms with Gasteiger partial charge in [-0.2, -0.15) is 5.10 Å². The molecule has 132 valence electrons. The molecule has 0 N–H and O–H groups in total. The summed E-state index contributed by atoms with van der Waals surface area (Å²) < 4.78 is 1.84. The van der Waals surface area contributed by atoms with Gasteiger partial charge in [-0.3, -0.25) is 10.1 Å². The largest absolute Gasteiger partial charge is 0.269 e. The fraction of sp³-hybridized carbons (Fsp3) is 0.0455. The van der Waals surface area contributed by atoms with E-state index in [4.69, 9.17) is 5.10 Å². The molecule has 0 saturated heterocycles. The molecule has 3 aromatic carbocycles. The highest BCUT2D eigenvalue weighted by molar-refractivity contribution is 5.81. The topological polar surface area (TPSA) is 61.0 Å². The Morgan fingerprint density at radius 2 is 1.48 bits per heavy atom. The van der Waals surface area contributed by atoms with Crippen LogP contribution in [0, 0.1) is 17.0 Å². The number of nitro groups is 1. The third-order valence-corrected chi connectivity index (χ3v) is 4.45. The number of nitrogens with zero attached hydrogens (tertiary/aromatic N) is 3. The molecule has 4 rings (SSSR count). The highest BCUT2D eigenvalue weighted by atomic mass is 16.6. The number of hydrogen-bond donors (Lipinski definition) is 0. The molecule has 0 unspecified atom stereocenters. The molecule has 0 saturated carbocycles. The van der Waals surface area contributed by atoms with Crippen molar-refractivity contribution in [1.29, 1.82) is 0 Å². The first-order valence-electron chi connectivity index (χ1n) is 8.59. The van der Waals surface area contributed by atoms with Crippen molar-refractivity contribution in [1.82, 2.24) is 9.78 Å². The zero-order chi connectivity index (χ0) is 18.8. The molecule has 0 spiro atoms. The summed E-state index contributed by atoms with van der Waals surface area (Å²) in [5.74, 6) is 0. The normalized spacial score (nSPS) is 10.7. The molecule has 4 aromatic rings. The Bertz CT molecular complexity index is 1080. The van der Waals surface area contributed by atoms with Gasteiger partial charge in [0.1, 0.15) is 5.69 Å². The van der Waals surface area contributed by atoms with Crippen LogP contribution in [0.5, 0.6) is 0 Å². The minimum atomic E-state index is -0.396. The lowest BCUT2D eigenvalue weighted by Gasteiger charge is -2.03. The summed E-state index contributed by atoms with van der Waals surface area (Å²) >= 11 is 0. The summed E-state index contributed by atoms with van der Waals surface area (Å²) in [6, 6.07) is 24.6. The molecule has 27 heavy (non-hydrogen) atoms. The van der Waals surface area contributed by atoms with E-state index in [0.717, 1.165) is 28.1 Å². The molecule has 0 aliphatic rings. The average molecular weight is 355 g/mol. The highest BCUT2D eigenvalue weighted by Crippen LogP contribution is 2.33. The Kier molecular flexibility index (Phi) is 4.26. The number of aryl methyl sites for hydroxylation is 1. The van der Waals surface area contributed by atoms with Crippen LogP contribution >= 0.6 is 0 Å². The first kappa shape index (κ1) is 16.7. The van der Waals surface area contributed by atoms with Gasteiger partial charge in [0.15, 0.2) is 0 Å². The van der Waals surface area contributed by atoms with Crippen LogP contribution in [-0.4, -0.2) is 14.7 Å². The smallest absolute Gasteiger partial charge is 0.258 e. The van der Waals surface area contributed by atoms with Gasteiger partial charge in [0.25, 0.3) is 5.69 Å². The second-order valence-corrected chi connectivity index (χ2v) is 6.34. The van der Waals surface area contributed by atoms with E-state index in [1.165, 1.54) is 17.7 Å². The van der Waals surface area contributed by atoms with Crippen molar-refractivity contribution < 1.29 is 4.92 Å². The number of hydrogen-bond acceptors (Lipinski definition) is 3. The summed E-state index contributed by atoms with van der Waals surface area (Å²) in [6.45, 7) is 2.05. The van der Waals surface area contributed by atoms with E-state index in [0.29, 0.717) is 0 Å². The van der Waals surface area contributed by atoms with E-state index in [2.05, 4.69) is 31.2 Å². The number of para-hydroxylation sites is 1. The number of aromatic nitrogens is 2. The Morgan fingerprint density at radius 3 is 2.11 bits per heavy atom. The highest BCUT2D eigenvalue weighted by Gasteiger charge is 2.15. The predicted molar refractivity (Wildman–Crippen MR) is 106 cm³/mol. The van der Waals surface area contributed by atoms with Gasteiger partial charge < -0.3 is 0 Å². The van der Waals surface area contributed by atoms with Crippen LogP contribution in [0.1, 0.15) is 5.56 Å². The van der Waals surface area contributed by atoms with Crippen LogP contribution in [0.4, 0.5) is 5.69 Å². The Labute approximate surface area is 156 Å². The van der Waals surface area contributed by atoms with E-state index in [-0.39, 0.29) is 5.69 Å². The van der Waals surface area contributed by atoms with Gasteiger partial charge in [0, 0.05) is 29.5 Å². The lowest BCUT2D eigenvalue weighted by Crippen LogP contribution is -1.94. The second kappa shape index (κ2) is 6.88. The predicted octanol–water partition coefficient (Wildman–Crippen LogP) is 5.42. The molecule has 0 amide bonds. The fourth-order valence-electron chi connectivity index (χ4n) is 2.99. The first-order chi connectivity index (χ1) is 13.1. The molecule has 0 aliphatic carbocycles. The maximum absolute atomic E-state index is 10.9. The number of nitro benzene ring substituents is 1. The van der Waals surface area contributed by atoms with Crippen LogP contribution in [0.15, 0.2) is 85.1 Å². The Morgan fingerprint density at radius 1 is 0.852 bits per heavy atom. The zero-order valence-corrected chi connectivity index (χ0v) is 14.7. The minimum absolute atomic E-state index is 0.0677. The molecule has 0 bridgehead atoms. The summed E-state index contributed by atoms with van der Waals surface area (Å²) in [5, 5.41) is 15.7. The van der Waals surface area contributed by atoms with Crippen LogP contribution in [0.2, 0.25) is 0 Å². The molecular weight excluding hydrogens is 338 g/mol. The van der Waals surface area contributed by atoms with E-state index in [1.807, 2.05) is 41.2 Å². The van der Waals surface area contributed by atoms with Crippen molar-refractivity contribution in [3.05, 3.63) is 101 Å². The molecular formula is C22H17N3O2. The minimum Gasteiger partial charge on any atom is -0.258 e. The SMILES string of the molecule is Cc1ccc(-c2cn(-c3ccccc3)nc2-c2ccc([N+](=O)[O-])cc2)cc1. The van der Waals surface area contributed by atoms with Gasteiger partial charge >= 0.3 is 0 Å². The number of rotatable bonds is 4. The van der Waals surface area contributed by atoms with Crippen LogP contribution in [0.25, 0.3) is 28.1 Å². The average Bonchev–Trinajstić information content (AvgIpc) is 3.15. The zero-order valence-electron chi connectivity index (χ0n) is 14.7. The van der Waals surface area contributed by atoms with Gasteiger partial charge in [-0.05, 0) is 36.8 Å². The van der Waals surface area contributed by atoms with Crippen LogP contribution < -0.4 is 0 Å². The van der Waals surface area contributed by atoms with Crippen molar-refractivity contribution in [2.75, 3.05) is 0 Å². The first-order valence-corrected chi connectivity index (χ1v) is 8.59. The van der Waals surface area contributed by atoms with Crippen molar-refractivity contribution in [3.8, 4) is 28.1 Å². The second-order valence-electron chi connectivity index (χ2n) is 6.34. The van der Waals surface area contributed by atoms with Gasteiger partial charge in [-0.25, -0.2) is 4.68 Å². The maximum atomic E-state index is 10.9. The van der Waals surface area contributed by atoms with Gasteiger partial charge in [-0.15, -0.1) is 0 Å². The standard InChI is InChI=1S/C22H17N3O2/c1-16-7-9-17(10-8-16)21-15-24(19-5-3-2-4-6-19)23-22(21)18-11-13-20(14-12-18)25(26)27/h2-15H,1H3. The summed E-state index contributed by atoms with van der Waals surface area (Å²) in [6.07, 6.45) is 2.00. The van der Waals surface area contributed by atoms with Crippen molar-refractivity contribution in [3.63, 3.8) is 0 Å². The third kappa shape index (κ3) is 3.35.